The van der Waals surface area contributed by atoms with Crippen LogP contribution in [0.25, 0.3) is 0 Å². The Bertz CT molecular complexity index is 539. The molecule has 4 saturated carbocycles. The number of ether oxygens (including phenoxy) is 1. The van der Waals surface area contributed by atoms with Crippen molar-refractivity contribution in [3.63, 3.8) is 0 Å². The lowest BCUT2D eigenvalue weighted by Crippen LogP contribution is -2.48. The molecule has 0 heterocycles. The van der Waals surface area contributed by atoms with Crippen molar-refractivity contribution in [3.8, 4) is 5.75 Å². The average Bonchev–Trinajstić information content (AvgIpc) is 2.40. The molecule has 21 heavy (non-hydrogen) atoms. The summed E-state index contributed by atoms with van der Waals surface area (Å²) < 4.78 is 19.6. The first-order valence-corrected chi connectivity index (χ1v) is 8.66. The molecule has 0 saturated heterocycles. The summed E-state index contributed by atoms with van der Waals surface area (Å²) in [4.78, 5) is 0.266. The van der Waals surface area contributed by atoms with Gasteiger partial charge in [-0.15, -0.1) is 12.6 Å². The quantitative estimate of drug-likeness (QED) is 0.735. The van der Waals surface area contributed by atoms with E-state index >= 15 is 0 Å². The van der Waals surface area contributed by atoms with Crippen LogP contribution in [-0.2, 0) is 0 Å². The summed E-state index contributed by atoms with van der Waals surface area (Å²) in [6.07, 6.45) is 8.10. The highest BCUT2D eigenvalue weighted by atomic mass is 35.5. The average molecular weight is 327 g/mol. The first-order chi connectivity index (χ1) is 10.0. The number of hydrogen-bond donors (Lipinski definition) is 1. The zero-order valence-corrected chi connectivity index (χ0v) is 13.6. The molecule has 0 atom stereocenters. The lowest BCUT2D eigenvalue weighted by Gasteiger charge is -2.56. The second kappa shape index (κ2) is 5.06. The van der Waals surface area contributed by atoms with Gasteiger partial charge >= 0.3 is 0 Å². The van der Waals surface area contributed by atoms with Gasteiger partial charge in [-0.05, 0) is 62.3 Å². The summed E-state index contributed by atoms with van der Waals surface area (Å²) in [5.41, 5.74) is 0.314. The van der Waals surface area contributed by atoms with Crippen LogP contribution < -0.4 is 4.74 Å². The minimum absolute atomic E-state index is 0.266. The summed E-state index contributed by atoms with van der Waals surface area (Å²) in [5.74, 6) is 2.77. The Labute approximate surface area is 135 Å². The van der Waals surface area contributed by atoms with Crippen molar-refractivity contribution in [2.75, 3.05) is 6.61 Å². The van der Waals surface area contributed by atoms with Crippen LogP contribution in [-0.4, -0.2) is 6.61 Å². The first kappa shape index (κ1) is 14.2. The van der Waals surface area contributed by atoms with Gasteiger partial charge in [0.2, 0.25) is 0 Å². The van der Waals surface area contributed by atoms with Crippen LogP contribution in [0.15, 0.2) is 17.0 Å². The summed E-state index contributed by atoms with van der Waals surface area (Å²) in [6, 6.07) is 2.89. The Kier molecular flexibility index (Phi) is 3.42. The molecule has 4 fully saturated rings. The Hall–Kier alpha value is -0.410. The van der Waals surface area contributed by atoms with Crippen LogP contribution in [0.5, 0.6) is 5.75 Å². The van der Waals surface area contributed by atoms with E-state index in [1.54, 1.807) is 0 Å². The van der Waals surface area contributed by atoms with E-state index in [1.807, 2.05) is 0 Å². The first-order valence-electron chi connectivity index (χ1n) is 7.84. The Morgan fingerprint density at radius 1 is 1.14 bits per heavy atom. The topological polar surface area (TPSA) is 9.23 Å². The largest absolute Gasteiger partial charge is 0.491 e. The molecule has 0 unspecified atom stereocenters. The fraction of sp³-hybridized carbons (Fsp3) is 0.647. The molecular formula is C17H20ClFOS. The second-order valence-electron chi connectivity index (χ2n) is 7.44. The van der Waals surface area contributed by atoms with Gasteiger partial charge < -0.3 is 4.74 Å². The maximum Gasteiger partial charge on any atom is 0.140 e. The molecule has 4 heteroatoms. The Morgan fingerprint density at radius 2 is 1.71 bits per heavy atom. The van der Waals surface area contributed by atoms with Gasteiger partial charge in [-0.25, -0.2) is 4.39 Å². The summed E-state index contributed by atoms with van der Waals surface area (Å²) >= 11 is 10.2. The van der Waals surface area contributed by atoms with Crippen LogP contribution in [0.1, 0.15) is 38.5 Å². The predicted molar refractivity (Wildman–Crippen MR) is 84.8 cm³/mol. The van der Waals surface area contributed by atoms with Gasteiger partial charge in [-0.2, -0.15) is 0 Å². The minimum atomic E-state index is -0.372. The molecule has 1 aromatic carbocycles. The fourth-order valence-corrected chi connectivity index (χ4v) is 5.81. The summed E-state index contributed by atoms with van der Waals surface area (Å²) in [7, 11) is 0. The van der Waals surface area contributed by atoms with Crippen molar-refractivity contribution in [3.05, 3.63) is 23.0 Å². The smallest absolute Gasteiger partial charge is 0.140 e. The zero-order valence-electron chi connectivity index (χ0n) is 11.9. The van der Waals surface area contributed by atoms with Crippen LogP contribution in [0.2, 0.25) is 5.02 Å². The van der Waals surface area contributed by atoms with Crippen LogP contribution in [0.4, 0.5) is 4.39 Å². The molecule has 0 radical (unpaired) electrons. The molecule has 4 bridgehead atoms. The van der Waals surface area contributed by atoms with Crippen LogP contribution in [0.3, 0.4) is 0 Å². The number of halogens is 2. The van der Waals surface area contributed by atoms with E-state index < -0.39 is 0 Å². The molecular weight excluding hydrogens is 307 g/mol. The summed E-state index contributed by atoms with van der Waals surface area (Å²) in [5, 5.41) is 0.450. The van der Waals surface area contributed by atoms with Gasteiger partial charge in [0.25, 0.3) is 0 Å². The number of rotatable bonds is 3. The van der Waals surface area contributed by atoms with Crippen molar-refractivity contribution in [2.45, 2.75) is 43.4 Å². The molecule has 5 rings (SSSR count). The van der Waals surface area contributed by atoms with E-state index in [0.29, 0.717) is 22.8 Å². The van der Waals surface area contributed by atoms with E-state index in [1.165, 1.54) is 50.7 Å². The van der Waals surface area contributed by atoms with E-state index in [-0.39, 0.29) is 10.7 Å². The van der Waals surface area contributed by atoms with E-state index in [9.17, 15) is 4.39 Å². The molecule has 4 aliphatic rings. The zero-order chi connectivity index (χ0) is 14.6. The van der Waals surface area contributed by atoms with Gasteiger partial charge in [0.05, 0.1) is 11.6 Å². The number of thiol groups is 1. The molecule has 4 aliphatic carbocycles. The Morgan fingerprint density at radius 3 is 2.29 bits per heavy atom. The molecule has 1 nitrogen and oxygen atoms in total. The standard InChI is InChI=1S/C17H20ClFOS/c18-13-4-16(21)14(19)5-15(13)20-9-17-6-10-1-11(7-17)3-12(2-10)8-17/h4-5,10-12,21H,1-3,6-9H2. The maximum atomic E-state index is 13.6. The van der Waals surface area contributed by atoms with Gasteiger partial charge in [-0.1, -0.05) is 11.6 Å². The lowest BCUT2D eigenvalue weighted by molar-refractivity contribution is -0.0745. The van der Waals surface area contributed by atoms with Crippen molar-refractivity contribution < 1.29 is 9.13 Å². The van der Waals surface area contributed by atoms with Crippen LogP contribution in [0, 0.1) is 29.0 Å². The number of hydrogen-bond acceptors (Lipinski definition) is 2. The van der Waals surface area contributed by atoms with E-state index in [2.05, 4.69) is 12.6 Å². The van der Waals surface area contributed by atoms with Crippen molar-refractivity contribution in [1.82, 2.24) is 0 Å². The third-order valence-corrected chi connectivity index (χ3v) is 6.34. The molecule has 0 aliphatic heterocycles. The Balaban J connectivity index is 1.51. The van der Waals surface area contributed by atoms with Gasteiger partial charge in [0.1, 0.15) is 11.6 Å². The fourth-order valence-electron chi connectivity index (χ4n) is 5.33. The molecule has 0 spiro atoms. The molecule has 0 N–H and O–H groups in total. The lowest BCUT2D eigenvalue weighted by atomic mass is 9.50. The van der Waals surface area contributed by atoms with Gasteiger partial charge in [0.15, 0.2) is 0 Å². The highest BCUT2D eigenvalue weighted by Gasteiger charge is 2.51. The predicted octanol–water partition coefficient (Wildman–Crippen LogP) is 5.36. The minimum Gasteiger partial charge on any atom is -0.491 e. The molecule has 1 aromatic rings. The molecule has 0 amide bonds. The third-order valence-electron chi connectivity index (χ3n) is 5.70. The SMILES string of the molecule is Fc1cc(OCC23CC4CC(CC(C4)C2)C3)c(Cl)cc1S. The van der Waals surface area contributed by atoms with Crippen molar-refractivity contribution in [1.29, 1.82) is 0 Å². The van der Waals surface area contributed by atoms with Crippen molar-refractivity contribution in [2.24, 2.45) is 23.2 Å². The van der Waals surface area contributed by atoms with Crippen LogP contribution >= 0.6 is 24.2 Å². The monoisotopic (exact) mass is 326 g/mol. The highest BCUT2D eigenvalue weighted by molar-refractivity contribution is 7.80. The van der Waals surface area contributed by atoms with E-state index in [0.717, 1.165) is 17.8 Å². The van der Waals surface area contributed by atoms with Crippen molar-refractivity contribution >= 4 is 24.2 Å². The highest BCUT2D eigenvalue weighted by Crippen LogP contribution is 2.60. The van der Waals surface area contributed by atoms with Gasteiger partial charge in [0, 0.05) is 16.4 Å². The molecule has 0 aromatic heterocycles. The second-order valence-corrected chi connectivity index (χ2v) is 8.33. The number of benzene rings is 1. The molecule has 114 valence electrons. The maximum absolute atomic E-state index is 13.6. The van der Waals surface area contributed by atoms with E-state index in [4.69, 9.17) is 16.3 Å². The summed E-state index contributed by atoms with van der Waals surface area (Å²) in [6.45, 7) is 0.682. The normalized spacial score (nSPS) is 37.0. The van der Waals surface area contributed by atoms with Gasteiger partial charge in [-0.3, -0.25) is 0 Å². The third kappa shape index (κ3) is 2.57.